The first-order valence-electron chi connectivity index (χ1n) is 13.9. The van der Waals surface area contributed by atoms with Gasteiger partial charge in [-0.1, -0.05) is 54.4 Å². The van der Waals surface area contributed by atoms with Gasteiger partial charge in [0, 0.05) is 0 Å². The van der Waals surface area contributed by atoms with Gasteiger partial charge < -0.3 is 5.11 Å². The molecular formula is C29H52O. The molecule has 0 bridgehead atoms. The van der Waals surface area contributed by atoms with E-state index in [1.165, 1.54) is 64.2 Å². The van der Waals surface area contributed by atoms with E-state index in [0.717, 1.165) is 60.2 Å². The third-order valence-electron chi connectivity index (χ3n) is 11.9. The molecule has 10 atom stereocenters. The van der Waals surface area contributed by atoms with Gasteiger partial charge in [0.05, 0.1) is 6.10 Å². The monoisotopic (exact) mass is 416 g/mol. The second kappa shape index (κ2) is 8.72. The van der Waals surface area contributed by atoms with E-state index in [1.54, 1.807) is 0 Å². The molecule has 0 aromatic carbocycles. The fourth-order valence-electron chi connectivity index (χ4n) is 9.90. The predicted molar refractivity (Wildman–Crippen MR) is 128 cm³/mol. The van der Waals surface area contributed by atoms with Gasteiger partial charge in [0.1, 0.15) is 0 Å². The van der Waals surface area contributed by atoms with Crippen LogP contribution >= 0.6 is 0 Å². The van der Waals surface area contributed by atoms with E-state index >= 15 is 0 Å². The van der Waals surface area contributed by atoms with E-state index in [1.807, 2.05) is 0 Å². The Kier molecular flexibility index (Phi) is 6.72. The van der Waals surface area contributed by atoms with Crippen molar-refractivity contribution in [1.82, 2.24) is 0 Å². The molecule has 1 nitrogen and oxygen atoms in total. The second-order valence-corrected chi connectivity index (χ2v) is 13.3. The first-order valence-corrected chi connectivity index (χ1v) is 13.9. The van der Waals surface area contributed by atoms with Crippen LogP contribution in [0.2, 0.25) is 0 Å². The zero-order chi connectivity index (χ0) is 21.7. The van der Waals surface area contributed by atoms with Crippen LogP contribution in [-0.2, 0) is 0 Å². The summed E-state index contributed by atoms with van der Waals surface area (Å²) in [5.41, 5.74) is 1.14. The highest BCUT2D eigenvalue weighted by Crippen LogP contribution is 2.68. The van der Waals surface area contributed by atoms with Gasteiger partial charge >= 0.3 is 0 Å². The predicted octanol–water partition coefficient (Wildman–Crippen LogP) is 8.10. The number of aliphatic hydroxyl groups is 1. The summed E-state index contributed by atoms with van der Waals surface area (Å²) in [5, 5.41) is 10.3. The summed E-state index contributed by atoms with van der Waals surface area (Å²) in [4.78, 5) is 0. The van der Waals surface area contributed by atoms with Gasteiger partial charge in [-0.2, -0.15) is 0 Å². The van der Waals surface area contributed by atoms with Crippen molar-refractivity contribution in [3.8, 4) is 0 Å². The minimum Gasteiger partial charge on any atom is -0.393 e. The van der Waals surface area contributed by atoms with Crippen molar-refractivity contribution in [2.24, 2.45) is 58.2 Å². The topological polar surface area (TPSA) is 20.2 Å². The molecule has 0 amide bonds. The van der Waals surface area contributed by atoms with E-state index in [9.17, 15) is 5.11 Å². The maximum Gasteiger partial charge on any atom is 0.0543 e. The lowest BCUT2D eigenvalue weighted by Crippen LogP contribution is -2.54. The molecule has 0 aliphatic heterocycles. The summed E-state index contributed by atoms with van der Waals surface area (Å²) in [6.07, 6.45) is 16.5. The molecule has 30 heavy (non-hydrogen) atoms. The molecule has 0 radical (unpaired) electrons. The summed E-state index contributed by atoms with van der Waals surface area (Å²) in [5.74, 6) is 7.34. The van der Waals surface area contributed by atoms with Crippen molar-refractivity contribution in [1.29, 1.82) is 0 Å². The normalized spacial score (nSPS) is 48.0. The van der Waals surface area contributed by atoms with Crippen LogP contribution < -0.4 is 0 Å². The van der Waals surface area contributed by atoms with Crippen LogP contribution in [0.1, 0.15) is 119 Å². The van der Waals surface area contributed by atoms with Crippen molar-refractivity contribution < 1.29 is 5.11 Å². The molecule has 3 unspecified atom stereocenters. The standard InChI is InChI=1S/C29H52O/c1-7-21(19(2)3)9-8-20(4)25-12-13-26-24-11-10-22-18-23(30)14-16-28(22,5)27(24)15-17-29(25,26)6/h19-27,30H,7-18H2,1-6H3/t20-,21?,22+,23+,24?,25-,26?,27+,28+,29-/m1/s1. The Bertz CT molecular complexity index is 583. The Balaban J connectivity index is 1.45. The molecule has 1 heteroatoms. The van der Waals surface area contributed by atoms with E-state index < -0.39 is 0 Å². The first-order chi connectivity index (χ1) is 14.2. The molecule has 0 aromatic rings. The number of hydrogen-bond acceptors (Lipinski definition) is 1. The highest BCUT2D eigenvalue weighted by Gasteiger charge is 2.60. The summed E-state index contributed by atoms with van der Waals surface area (Å²) in [7, 11) is 0. The van der Waals surface area contributed by atoms with Gasteiger partial charge in [0.2, 0.25) is 0 Å². The van der Waals surface area contributed by atoms with Crippen LogP contribution in [-0.4, -0.2) is 11.2 Å². The third kappa shape index (κ3) is 3.82. The van der Waals surface area contributed by atoms with E-state index in [-0.39, 0.29) is 6.10 Å². The lowest BCUT2D eigenvalue weighted by atomic mass is 9.44. The highest BCUT2D eigenvalue weighted by atomic mass is 16.3. The zero-order valence-corrected chi connectivity index (χ0v) is 21.1. The van der Waals surface area contributed by atoms with E-state index in [0.29, 0.717) is 10.8 Å². The summed E-state index contributed by atoms with van der Waals surface area (Å²) in [6.45, 7) is 15.2. The largest absolute Gasteiger partial charge is 0.393 e. The van der Waals surface area contributed by atoms with Crippen molar-refractivity contribution in [2.75, 3.05) is 0 Å². The summed E-state index contributed by atoms with van der Waals surface area (Å²) >= 11 is 0. The third-order valence-corrected chi connectivity index (χ3v) is 11.9. The Hall–Kier alpha value is -0.0400. The molecule has 0 aromatic heterocycles. The fourth-order valence-corrected chi connectivity index (χ4v) is 9.90. The molecule has 0 heterocycles. The maximum atomic E-state index is 10.3. The zero-order valence-electron chi connectivity index (χ0n) is 21.1. The van der Waals surface area contributed by atoms with Crippen LogP contribution in [0.3, 0.4) is 0 Å². The first kappa shape index (κ1) is 23.1. The minimum absolute atomic E-state index is 0.0111. The van der Waals surface area contributed by atoms with Crippen molar-refractivity contribution >= 4 is 0 Å². The number of aliphatic hydroxyl groups excluding tert-OH is 1. The molecular weight excluding hydrogens is 364 g/mol. The molecule has 0 saturated heterocycles. The van der Waals surface area contributed by atoms with Crippen LogP contribution in [0.4, 0.5) is 0 Å². The van der Waals surface area contributed by atoms with Crippen LogP contribution in [0.25, 0.3) is 0 Å². The van der Waals surface area contributed by atoms with Crippen LogP contribution in [0.15, 0.2) is 0 Å². The fraction of sp³-hybridized carbons (Fsp3) is 1.00. The average Bonchev–Trinajstić information content (AvgIpc) is 3.06. The molecule has 174 valence electrons. The quantitative estimate of drug-likeness (QED) is 0.463. The van der Waals surface area contributed by atoms with Gasteiger partial charge in [0.25, 0.3) is 0 Å². The summed E-state index contributed by atoms with van der Waals surface area (Å²) in [6, 6.07) is 0. The molecule has 4 aliphatic rings. The molecule has 1 N–H and O–H groups in total. The Morgan fingerprint density at radius 3 is 2.23 bits per heavy atom. The van der Waals surface area contributed by atoms with Gasteiger partial charge in [-0.05, 0) is 122 Å². The maximum absolute atomic E-state index is 10.3. The van der Waals surface area contributed by atoms with Crippen molar-refractivity contribution in [3.63, 3.8) is 0 Å². The molecule has 4 saturated carbocycles. The van der Waals surface area contributed by atoms with E-state index in [4.69, 9.17) is 0 Å². The minimum atomic E-state index is -0.0111. The number of rotatable bonds is 6. The van der Waals surface area contributed by atoms with Crippen LogP contribution in [0.5, 0.6) is 0 Å². The molecule has 4 fully saturated rings. The average molecular weight is 417 g/mol. The highest BCUT2D eigenvalue weighted by molar-refractivity contribution is 5.09. The van der Waals surface area contributed by atoms with E-state index in [2.05, 4.69) is 41.5 Å². The number of hydrogen-bond donors (Lipinski definition) is 1. The smallest absolute Gasteiger partial charge is 0.0543 e. The second-order valence-electron chi connectivity index (χ2n) is 13.3. The SMILES string of the molecule is CCC(CC[C@@H](C)[C@H]1CCC2C3CC[C@H]4C[C@@H](O)CC[C@]4(C)[C@H]3CC[C@@]21C)C(C)C. The molecule has 0 spiro atoms. The van der Waals surface area contributed by atoms with Crippen molar-refractivity contribution in [2.45, 2.75) is 125 Å². The Labute approximate surface area is 188 Å². The summed E-state index contributed by atoms with van der Waals surface area (Å²) < 4.78 is 0. The lowest BCUT2D eigenvalue weighted by Gasteiger charge is -2.61. The van der Waals surface area contributed by atoms with Gasteiger partial charge in [-0.15, -0.1) is 0 Å². The molecule has 4 rings (SSSR count). The molecule has 4 aliphatic carbocycles. The lowest BCUT2D eigenvalue weighted by molar-refractivity contribution is -0.129. The van der Waals surface area contributed by atoms with Gasteiger partial charge in [0.15, 0.2) is 0 Å². The van der Waals surface area contributed by atoms with Crippen molar-refractivity contribution in [3.05, 3.63) is 0 Å². The van der Waals surface area contributed by atoms with Crippen LogP contribution in [0, 0.1) is 58.2 Å². The number of fused-ring (bicyclic) bond motifs is 5. The Morgan fingerprint density at radius 2 is 1.53 bits per heavy atom. The van der Waals surface area contributed by atoms with Gasteiger partial charge in [-0.3, -0.25) is 0 Å². The Morgan fingerprint density at radius 1 is 0.833 bits per heavy atom. The van der Waals surface area contributed by atoms with Gasteiger partial charge in [-0.25, -0.2) is 0 Å².